The number of rotatable bonds is 2. The van der Waals surface area contributed by atoms with Crippen LogP contribution in [0.4, 0.5) is 10.1 Å². The molecule has 5 nitrogen and oxygen atoms in total. The number of nitrogens with zero attached hydrogens (tertiary/aromatic N) is 4. The van der Waals surface area contributed by atoms with E-state index in [-0.39, 0.29) is 17.1 Å². The van der Waals surface area contributed by atoms with Crippen molar-refractivity contribution in [1.82, 2.24) is 14.6 Å². The van der Waals surface area contributed by atoms with Gasteiger partial charge < -0.3 is 4.90 Å². The quantitative estimate of drug-likeness (QED) is 0.721. The van der Waals surface area contributed by atoms with Crippen LogP contribution >= 0.6 is 0 Å². The molecule has 0 radical (unpaired) electrons. The van der Waals surface area contributed by atoms with Gasteiger partial charge in [0, 0.05) is 30.9 Å². The van der Waals surface area contributed by atoms with E-state index in [4.69, 9.17) is 0 Å². The molecule has 0 bridgehead atoms. The van der Waals surface area contributed by atoms with Gasteiger partial charge in [0.05, 0.1) is 11.4 Å². The van der Waals surface area contributed by atoms with Crippen LogP contribution in [-0.4, -0.2) is 27.0 Å². The Labute approximate surface area is 145 Å². The van der Waals surface area contributed by atoms with Crippen LogP contribution in [0.5, 0.6) is 0 Å². The zero-order valence-corrected chi connectivity index (χ0v) is 14.5. The van der Waals surface area contributed by atoms with E-state index in [1.807, 2.05) is 15.4 Å². The predicted molar refractivity (Wildman–Crippen MR) is 93.2 cm³/mol. The molecular weight excluding hydrogens is 319 g/mol. The van der Waals surface area contributed by atoms with Gasteiger partial charge in [-0.25, -0.2) is 4.39 Å². The lowest BCUT2D eigenvalue weighted by atomic mass is 9.90. The Kier molecular flexibility index (Phi) is 3.39. The van der Waals surface area contributed by atoms with Gasteiger partial charge in [-0.2, -0.15) is 0 Å². The summed E-state index contributed by atoms with van der Waals surface area (Å²) in [5, 5.41) is 8.36. The van der Waals surface area contributed by atoms with Gasteiger partial charge in [0.1, 0.15) is 12.1 Å². The zero-order valence-electron chi connectivity index (χ0n) is 14.5. The molecule has 0 saturated carbocycles. The first-order chi connectivity index (χ1) is 11.9. The van der Waals surface area contributed by atoms with Crippen molar-refractivity contribution in [2.75, 3.05) is 11.4 Å². The molecule has 0 unspecified atom stereocenters. The number of carbonyl (C=O) groups excluding carboxylic acids is 1. The Morgan fingerprint density at radius 3 is 2.68 bits per heavy atom. The van der Waals surface area contributed by atoms with Crippen molar-refractivity contribution in [3.63, 3.8) is 0 Å². The predicted octanol–water partition coefficient (Wildman–Crippen LogP) is 3.10. The van der Waals surface area contributed by atoms with Crippen LogP contribution in [-0.2, 0) is 16.6 Å². The fourth-order valence-corrected chi connectivity index (χ4v) is 3.71. The van der Waals surface area contributed by atoms with Gasteiger partial charge in [0.25, 0.3) is 0 Å². The molecule has 128 valence electrons. The molecule has 0 spiro atoms. The number of amides is 1. The number of carbonyl (C=O) groups is 1. The van der Waals surface area contributed by atoms with Crippen LogP contribution in [0.1, 0.15) is 37.6 Å². The van der Waals surface area contributed by atoms with Crippen molar-refractivity contribution >= 4 is 17.2 Å². The number of pyridine rings is 1. The second-order valence-electron chi connectivity index (χ2n) is 7.22. The lowest BCUT2D eigenvalue weighted by Gasteiger charge is -2.19. The van der Waals surface area contributed by atoms with E-state index in [1.54, 1.807) is 25.4 Å². The third-order valence-corrected chi connectivity index (χ3v) is 4.80. The maximum Gasteiger partial charge on any atom is 0.223 e. The molecule has 1 aliphatic rings. The third-order valence-electron chi connectivity index (χ3n) is 4.80. The molecule has 3 heterocycles. The van der Waals surface area contributed by atoms with Gasteiger partial charge in [-0.1, -0.05) is 26.0 Å². The average molecular weight is 338 g/mol. The first-order valence-electron chi connectivity index (χ1n) is 8.25. The largest absolute Gasteiger partial charge is 0.310 e. The van der Waals surface area contributed by atoms with E-state index >= 15 is 0 Å². The number of halogens is 1. The van der Waals surface area contributed by atoms with E-state index < -0.39 is 0 Å². The normalized spacial score (nSPS) is 15.6. The van der Waals surface area contributed by atoms with Gasteiger partial charge >= 0.3 is 0 Å². The number of fused-ring (bicyclic) bond motifs is 3. The van der Waals surface area contributed by atoms with Crippen LogP contribution in [0, 0.1) is 5.82 Å². The van der Waals surface area contributed by atoms with Crippen molar-refractivity contribution in [2.24, 2.45) is 0 Å². The third kappa shape index (κ3) is 2.49. The van der Waals surface area contributed by atoms with Crippen molar-refractivity contribution in [3.8, 4) is 0 Å². The average Bonchev–Trinajstić information content (AvgIpc) is 3.12. The van der Waals surface area contributed by atoms with Gasteiger partial charge in [0.15, 0.2) is 5.65 Å². The molecule has 1 amide bonds. The minimum Gasteiger partial charge on any atom is -0.310 e. The lowest BCUT2D eigenvalue weighted by molar-refractivity contribution is -0.116. The van der Waals surface area contributed by atoms with E-state index in [9.17, 15) is 9.18 Å². The molecule has 0 N–H and O–H groups in total. The molecule has 0 fully saturated rings. The summed E-state index contributed by atoms with van der Waals surface area (Å²) >= 11 is 0. The fraction of sp³-hybridized carbons (Fsp3) is 0.316. The Hall–Kier alpha value is -2.76. The summed E-state index contributed by atoms with van der Waals surface area (Å²) in [6, 6.07) is 8.46. The molecule has 1 aromatic carbocycles. The number of hydrogen-bond donors (Lipinski definition) is 0. The Morgan fingerprint density at radius 2 is 2.00 bits per heavy atom. The monoisotopic (exact) mass is 338 g/mol. The standard InChI is InChI=1S/C19H19FN4O/c1-12(25)23-10-19(2,3)17-16(23)9-14(18-22-21-11-24(17)18)8-13-4-6-15(20)7-5-13/h4-7,9,11H,8,10H2,1-3H3. The Morgan fingerprint density at radius 1 is 1.28 bits per heavy atom. The summed E-state index contributed by atoms with van der Waals surface area (Å²) in [6.45, 7) is 6.45. The molecule has 0 atom stereocenters. The summed E-state index contributed by atoms with van der Waals surface area (Å²) in [5.74, 6) is -0.234. The van der Waals surface area contributed by atoms with Crippen molar-refractivity contribution < 1.29 is 9.18 Å². The fourth-order valence-electron chi connectivity index (χ4n) is 3.71. The summed E-state index contributed by atoms with van der Waals surface area (Å²) < 4.78 is 15.1. The second kappa shape index (κ2) is 5.37. The molecular formula is C19H19FN4O. The van der Waals surface area contributed by atoms with Crippen LogP contribution in [0.3, 0.4) is 0 Å². The van der Waals surface area contributed by atoms with Crippen molar-refractivity contribution in [1.29, 1.82) is 0 Å². The Balaban J connectivity index is 1.90. The van der Waals surface area contributed by atoms with E-state index in [2.05, 4.69) is 24.0 Å². The maximum atomic E-state index is 13.2. The summed E-state index contributed by atoms with van der Waals surface area (Å²) in [5.41, 5.74) is 4.49. The van der Waals surface area contributed by atoms with Gasteiger partial charge in [0.2, 0.25) is 5.91 Å². The highest BCUT2D eigenvalue weighted by Gasteiger charge is 2.39. The van der Waals surface area contributed by atoms with Crippen molar-refractivity contribution in [2.45, 2.75) is 32.6 Å². The number of aromatic nitrogens is 3. The summed E-state index contributed by atoms with van der Waals surface area (Å²) in [6.07, 6.45) is 2.30. The van der Waals surface area contributed by atoms with E-state index in [0.29, 0.717) is 13.0 Å². The second-order valence-corrected chi connectivity index (χ2v) is 7.22. The van der Waals surface area contributed by atoms with Crippen molar-refractivity contribution in [3.05, 3.63) is 59.3 Å². The molecule has 25 heavy (non-hydrogen) atoms. The molecule has 0 saturated heterocycles. The number of benzene rings is 1. The Bertz CT molecular complexity index is 975. The van der Waals surface area contributed by atoms with Crippen LogP contribution in [0.25, 0.3) is 5.65 Å². The van der Waals surface area contributed by atoms with Gasteiger partial charge in [-0.15, -0.1) is 10.2 Å². The first-order valence-corrected chi connectivity index (χ1v) is 8.25. The zero-order chi connectivity index (χ0) is 17.8. The minimum absolute atomic E-state index is 0.0204. The highest BCUT2D eigenvalue weighted by atomic mass is 19.1. The van der Waals surface area contributed by atoms with Crippen LogP contribution in [0.2, 0.25) is 0 Å². The number of anilines is 1. The van der Waals surface area contributed by atoms with E-state index in [0.717, 1.165) is 28.2 Å². The summed E-state index contributed by atoms with van der Waals surface area (Å²) in [4.78, 5) is 13.9. The smallest absolute Gasteiger partial charge is 0.223 e. The summed E-state index contributed by atoms with van der Waals surface area (Å²) in [7, 11) is 0. The molecule has 2 aromatic heterocycles. The molecule has 0 aliphatic carbocycles. The molecule has 4 rings (SSSR count). The van der Waals surface area contributed by atoms with Gasteiger partial charge in [-0.05, 0) is 23.8 Å². The van der Waals surface area contributed by atoms with Gasteiger partial charge in [-0.3, -0.25) is 9.20 Å². The minimum atomic E-state index is -0.255. The SMILES string of the molecule is CC(=O)N1CC(C)(C)c2c1cc(Cc1ccc(F)cc1)c1nncn21. The van der Waals surface area contributed by atoms with Crippen LogP contribution in [0.15, 0.2) is 36.7 Å². The molecule has 1 aliphatic heterocycles. The molecule has 3 aromatic rings. The molecule has 6 heteroatoms. The highest BCUT2D eigenvalue weighted by Crippen LogP contribution is 2.41. The first kappa shape index (κ1) is 15.7. The lowest BCUT2D eigenvalue weighted by Crippen LogP contribution is -2.32. The maximum absolute atomic E-state index is 13.2. The number of hydrogen-bond acceptors (Lipinski definition) is 3. The topological polar surface area (TPSA) is 50.5 Å². The highest BCUT2D eigenvalue weighted by molar-refractivity contribution is 5.95. The van der Waals surface area contributed by atoms with Crippen LogP contribution < -0.4 is 4.90 Å². The van der Waals surface area contributed by atoms with E-state index in [1.165, 1.54) is 12.1 Å².